The molecular weight excluding hydrogens is 152 g/mol. The van der Waals surface area contributed by atoms with Crippen molar-refractivity contribution in [3.8, 4) is 0 Å². The van der Waals surface area contributed by atoms with Crippen LogP contribution >= 0.6 is 0 Å². The van der Waals surface area contributed by atoms with Crippen LogP contribution in [0, 0.1) is 5.92 Å². The van der Waals surface area contributed by atoms with Gasteiger partial charge >= 0.3 is 0 Å². The molecule has 1 aliphatic rings. The molecule has 0 aromatic carbocycles. The highest BCUT2D eigenvalue weighted by Gasteiger charge is 2.35. The van der Waals surface area contributed by atoms with E-state index in [1.54, 1.807) is 0 Å². The molecule has 2 heteroatoms. The highest BCUT2D eigenvalue weighted by atomic mass is 16.5. The number of allylic oxidation sites excluding steroid dienone is 2. The van der Waals surface area contributed by atoms with Gasteiger partial charge in [0.2, 0.25) is 5.78 Å². The molecule has 0 aliphatic carbocycles. The first-order valence-electron chi connectivity index (χ1n) is 4.35. The molecule has 1 rings (SSSR count). The third-order valence-electron chi connectivity index (χ3n) is 1.73. The van der Waals surface area contributed by atoms with Gasteiger partial charge in [-0.15, -0.1) is 0 Å². The van der Waals surface area contributed by atoms with Gasteiger partial charge in [0.25, 0.3) is 0 Å². The summed E-state index contributed by atoms with van der Waals surface area (Å²) < 4.78 is 5.48. The fourth-order valence-electron chi connectivity index (χ4n) is 1.29. The predicted octanol–water partition coefficient (Wildman–Crippen LogP) is 2.29. The van der Waals surface area contributed by atoms with Crippen molar-refractivity contribution >= 4 is 5.78 Å². The maximum atomic E-state index is 11.3. The van der Waals surface area contributed by atoms with Crippen LogP contribution in [-0.2, 0) is 9.53 Å². The number of carbonyl (C=O) groups excluding carboxylic acids is 1. The zero-order valence-corrected chi connectivity index (χ0v) is 8.18. The number of hydrogen-bond donors (Lipinski definition) is 0. The van der Waals surface area contributed by atoms with E-state index in [0.29, 0.717) is 18.1 Å². The SMILES string of the molecule is CC(C)/C=C1/OC(C)(C)CC1=O. The monoisotopic (exact) mass is 168 g/mol. The van der Waals surface area contributed by atoms with E-state index in [-0.39, 0.29) is 11.4 Å². The molecule has 12 heavy (non-hydrogen) atoms. The molecule has 0 aromatic heterocycles. The number of ether oxygens (including phenoxy) is 1. The Labute approximate surface area is 73.6 Å². The van der Waals surface area contributed by atoms with Gasteiger partial charge in [0.1, 0.15) is 5.60 Å². The van der Waals surface area contributed by atoms with Gasteiger partial charge in [-0.05, 0) is 25.8 Å². The molecule has 0 amide bonds. The van der Waals surface area contributed by atoms with Crippen LogP contribution in [0.4, 0.5) is 0 Å². The van der Waals surface area contributed by atoms with E-state index < -0.39 is 0 Å². The largest absolute Gasteiger partial charge is 0.484 e. The lowest BCUT2D eigenvalue weighted by molar-refractivity contribution is -0.115. The topological polar surface area (TPSA) is 26.3 Å². The molecule has 0 saturated carbocycles. The fraction of sp³-hybridized carbons (Fsp3) is 0.700. The molecule has 0 radical (unpaired) electrons. The maximum absolute atomic E-state index is 11.3. The molecule has 1 fully saturated rings. The molecular formula is C10H16O2. The maximum Gasteiger partial charge on any atom is 0.201 e. The summed E-state index contributed by atoms with van der Waals surface area (Å²) in [6.07, 6.45) is 2.39. The third kappa shape index (κ3) is 2.10. The molecule has 0 aromatic rings. The number of Topliss-reactive ketones (excluding diaryl/α,β-unsaturated/α-hetero) is 1. The molecule has 68 valence electrons. The Morgan fingerprint density at radius 3 is 2.42 bits per heavy atom. The van der Waals surface area contributed by atoms with Gasteiger partial charge in [-0.1, -0.05) is 13.8 Å². The van der Waals surface area contributed by atoms with Gasteiger partial charge < -0.3 is 4.74 Å². The van der Waals surface area contributed by atoms with E-state index in [4.69, 9.17) is 4.74 Å². The Hall–Kier alpha value is -0.790. The summed E-state index contributed by atoms with van der Waals surface area (Å²) in [5.41, 5.74) is -0.294. The normalized spacial score (nSPS) is 25.1. The molecule has 1 aliphatic heterocycles. The zero-order chi connectivity index (χ0) is 9.35. The predicted molar refractivity (Wildman–Crippen MR) is 47.7 cm³/mol. The molecule has 0 bridgehead atoms. The first kappa shape index (κ1) is 9.30. The van der Waals surface area contributed by atoms with Crippen molar-refractivity contribution < 1.29 is 9.53 Å². The van der Waals surface area contributed by atoms with Crippen LogP contribution in [0.5, 0.6) is 0 Å². The second-order valence-electron chi connectivity index (χ2n) is 4.24. The van der Waals surface area contributed by atoms with Crippen LogP contribution in [0.15, 0.2) is 11.8 Å². The van der Waals surface area contributed by atoms with E-state index >= 15 is 0 Å². The van der Waals surface area contributed by atoms with Crippen molar-refractivity contribution in [3.05, 3.63) is 11.8 Å². The van der Waals surface area contributed by atoms with Crippen LogP contribution in [-0.4, -0.2) is 11.4 Å². The van der Waals surface area contributed by atoms with E-state index in [1.165, 1.54) is 0 Å². The smallest absolute Gasteiger partial charge is 0.201 e. The second kappa shape index (κ2) is 2.92. The van der Waals surface area contributed by atoms with E-state index in [1.807, 2.05) is 33.8 Å². The Balaban J connectivity index is 2.77. The molecule has 0 N–H and O–H groups in total. The Bertz CT molecular complexity index is 224. The molecule has 1 saturated heterocycles. The number of hydrogen-bond acceptors (Lipinski definition) is 2. The summed E-state index contributed by atoms with van der Waals surface area (Å²) in [7, 11) is 0. The van der Waals surface area contributed by atoms with Crippen LogP contribution in [0.3, 0.4) is 0 Å². The van der Waals surface area contributed by atoms with Crippen LogP contribution in [0.1, 0.15) is 34.1 Å². The first-order chi connectivity index (χ1) is 5.41. The number of ketones is 1. The Morgan fingerprint density at radius 1 is 1.50 bits per heavy atom. The summed E-state index contributed by atoms with van der Waals surface area (Å²) in [5, 5.41) is 0. The molecule has 0 spiro atoms. The van der Waals surface area contributed by atoms with Gasteiger partial charge in [0.15, 0.2) is 5.76 Å². The average molecular weight is 168 g/mol. The van der Waals surface area contributed by atoms with Crippen molar-refractivity contribution in [2.75, 3.05) is 0 Å². The standard InChI is InChI=1S/C10H16O2/c1-7(2)5-9-8(11)6-10(3,4)12-9/h5,7H,6H2,1-4H3/b9-5+. The van der Waals surface area contributed by atoms with Crippen molar-refractivity contribution in [2.24, 2.45) is 5.92 Å². The van der Waals surface area contributed by atoms with Gasteiger partial charge in [-0.3, -0.25) is 4.79 Å². The van der Waals surface area contributed by atoms with Crippen LogP contribution in [0.25, 0.3) is 0 Å². The van der Waals surface area contributed by atoms with Gasteiger partial charge in [-0.2, -0.15) is 0 Å². The zero-order valence-electron chi connectivity index (χ0n) is 8.18. The minimum absolute atomic E-state index is 0.133. The van der Waals surface area contributed by atoms with Crippen LogP contribution < -0.4 is 0 Å². The lowest BCUT2D eigenvalue weighted by Crippen LogP contribution is -2.16. The number of rotatable bonds is 1. The van der Waals surface area contributed by atoms with Crippen molar-refractivity contribution in [1.82, 2.24) is 0 Å². The summed E-state index contributed by atoms with van der Waals surface area (Å²) in [6.45, 7) is 7.95. The summed E-state index contributed by atoms with van der Waals surface area (Å²) in [4.78, 5) is 11.3. The molecule has 0 unspecified atom stereocenters. The third-order valence-corrected chi connectivity index (χ3v) is 1.73. The quantitative estimate of drug-likeness (QED) is 0.561. The average Bonchev–Trinajstić information content (AvgIpc) is 2.03. The minimum atomic E-state index is -0.294. The van der Waals surface area contributed by atoms with Crippen LogP contribution in [0.2, 0.25) is 0 Å². The van der Waals surface area contributed by atoms with E-state index in [9.17, 15) is 4.79 Å². The number of carbonyl (C=O) groups is 1. The second-order valence-corrected chi connectivity index (χ2v) is 4.24. The Kier molecular flexibility index (Phi) is 2.27. The fourth-order valence-corrected chi connectivity index (χ4v) is 1.29. The lowest BCUT2D eigenvalue weighted by Gasteiger charge is -2.15. The van der Waals surface area contributed by atoms with Crippen molar-refractivity contribution in [3.63, 3.8) is 0 Å². The molecule has 2 nitrogen and oxygen atoms in total. The minimum Gasteiger partial charge on any atom is -0.484 e. The van der Waals surface area contributed by atoms with Crippen molar-refractivity contribution in [2.45, 2.75) is 39.7 Å². The highest BCUT2D eigenvalue weighted by molar-refractivity contribution is 5.96. The molecule has 1 heterocycles. The lowest BCUT2D eigenvalue weighted by atomic mass is 10.0. The van der Waals surface area contributed by atoms with E-state index in [2.05, 4.69) is 0 Å². The van der Waals surface area contributed by atoms with E-state index in [0.717, 1.165) is 0 Å². The highest BCUT2D eigenvalue weighted by Crippen LogP contribution is 2.29. The summed E-state index contributed by atoms with van der Waals surface area (Å²) in [6, 6.07) is 0. The van der Waals surface area contributed by atoms with Gasteiger partial charge in [0.05, 0.1) is 6.42 Å². The summed E-state index contributed by atoms with van der Waals surface area (Å²) in [5.74, 6) is 1.06. The van der Waals surface area contributed by atoms with Gasteiger partial charge in [0, 0.05) is 0 Å². The Morgan fingerprint density at radius 2 is 2.08 bits per heavy atom. The molecule has 0 atom stereocenters. The summed E-state index contributed by atoms with van der Waals surface area (Å²) >= 11 is 0. The van der Waals surface area contributed by atoms with Gasteiger partial charge in [-0.25, -0.2) is 0 Å². The van der Waals surface area contributed by atoms with Crippen molar-refractivity contribution in [1.29, 1.82) is 0 Å². The first-order valence-corrected chi connectivity index (χ1v) is 4.35.